The molecule has 1 aromatic heterocycles. The van der Waals surface area contributed by atoms with Crippen molar-refractivity contribution in [2.75, 3.05) is 0 Å². The Bertz CT molecular complexity index is 261. The number of hydrogen-bond donors (Lipinski definition) is 1. The number of aryl methyl sites for hydroxylation is 1. The van der Waals surface area contributed by atoms with Crippen LogP contribution in [-0.2, 0) is 13.6 Å². The van der Waals surface area contributed by atoms with Crippen LogP contribution in [0.25, 0.3) is 0 Å². The van der Waals surface area contributed by atoms with Crippen LogP contribution in [0.5, 0.6) is 0 Å². The summed E-state index contributed by atoms with van der Waals surface area (Å²) in [6, 6.07) is 0.745. The second-order valence-corrected chi connectivity index (χ2v) is 3.86. The van der Waals surface area contributed by atoms with Crippen LogP contribution in [-0.4, -0.2) is 15.6 Å². The van der Waals surface area contributed by atoms with Crippen molar-refractivity contribution in [2.24, 2.45) is 7.05 Å². The van der Waals surface area contributed by atoms with E-state index in [4.69, 9.17) is 0 Å². The zero-order chi connectivity index (χ0) is 9.10. The first-order chi connectivity index (χ1) is 6.36. The molecule has 1 N–H and O–H groups in total. The van der Waals surface area contributed by atoms with Crippen LogP contribution in [0.15, 0.2) is 12.5 Å². The molecule has 0 amide bonds. The fourth-order valence-electron chi connectivity index (χ4n) is 1.93. The third kappa shape index (κ3) is 2.10. The minimum atomic E-state index is 0.745. The third-order valence-electron chi connectivity index (χ3n) is 2.84. The van der Waals surface area contributed by atoms with Crippen molar-refractivity contribution in [1.29, 1.82) is 0 Å². The molecule has 0 bridgehead atoms. The van der Waals surface area contributed by atoms with Crippen molar-refractivity contribution < 1.29 is 0 Å². The molecule has 0 atom stereocenters. The summed E-state index contributed by atoms with van der Waals surface area (Å²) in [6.07, 6.45) is 9.26. The van der Waals surface area contributed by atoms with Gasteiger partial charge in [-0.1, -0.05) is 12.8 Å². The van der Waals surface area contributed by atoms with Gasteiger partial charge in [0.25, 0.3) is 0 Å². The number of nitrogens with one attached hydrogen (secondary N) is 1. The molecular weight excluding hydrogens is 162 g/mol. The Balaban J connectivity index is 1.82. The van der Waals surface area contributed by atoms with Crippen LogP contribution in [0.1, 0.15) is 31.4 Å². The van der Waals surface area contributed by atoms with E-state index >= 15 is 0 Å². The standard InChI is InChI=1S/C10H17N3/c1-13-8-11-6-10(13)7-12-9-4-2-3-5-9/h6,8-9,12H,2-5,7H2,1H3. The molecule has 1 aromatic rings. The van der Waals surface area contributed by atoms with Crippen molar-refractivity contribution in [1.82, 2.24) is 14.9 Å². The van der Waals surface area contributed by atoms with E-state index in [1.807, 2.05) is 19.6 Å². The molecule has 0 spiro atoms. The maximum Gasteiger partial charge on any atom is 0.0945 e. The summed E-state index contributed by atoms with van der Waals surface area (Å²) in [5.74, 6) is 0. The highest BCUT2D eigenvalue weighted by atomic mass is 15.0. The molecule has 72 valence electrons. The molecule has 1 fully saturated rings. The van der Waals surface area contributed by atoms with Crippen LogP contribution < -0.4 is 5.32 Å². The average molecular weight is 179 g/mol. The summed E-state index contributed by atoms with van der Waals surface area (Å²) in [6.45, 7) is 0.959. The molecule has 0 aromatic carbocycles. The molecule has 1 heterocycles. The van der Waals surface area contributed by atoms with Gasteiger partial charge < -0.3 is 9.88 Å². The molecule has 0 radical (unpaired) electrons. The highest BCUT2D eigenvalue weighted by Crippen LogP contribution is 2.17. The molecule has 1 aliphatic rings. The monoisotopic (exact) mass is 179 g/mol. The van der Waals surface area contributed by atoms with E-state index in [-0.39, 0.29) is 0 Å². The van der Waals surface area contributed by atoms with Gasteiger partial charge in [0.1, 0.15) is 0 Å². The van der Waals surface area contributed by atoms with Gasteiger partial charge in [0.15, 0.2) is 0 Å². The number of imidazole rings is 1. The summed E-state index contributed by atoms with van der Waals surface area (Å²) in [5.41, 5.74) is 1.27. The lowest BCUT2D eigenvalue weighted by Crippen LogP contribution is -2.26. The van der Waals surface area contributed by atoms with Gasteiger partial charge in [-0.3, -0.25) is 0 Å². The first-order valence-corrected chi connectivity index (χ1v) is 5.05. The maximum absolute atomic E-state index is 4.09. The van der Waals surface area contributed by atoms with E-state index in [0.717, 1.165) is 12.6 Å². The van der Waals surface area contributed by atoms with Gasteiger partial charge in [-0.15, -0.1) is 0 Å². The zero-order valence-electron chi connectivity index (χ0n) is 8.16. The molecule has 0 saturated heterocycles. The summed E-state index contributed by atoms with van der Waals surface area (Å²) in [5, 5.41) is 3.56. The van der Waals surface area contributed by atoms with Gasteiger partial charge in [0.2, 0.25) is 0 Å². The molecule has 1 saturated carbocycles. The Kier molecular flexibility index (Phi) is 2.64. The molecular formula is C10H17N3. The smallest absolute Gasteiger partial charge is 0.0945 e. The predicted molar refractivity (Wildman–Crippen MR) is 52.3 cm³/mol. The quantitative estimate of drug-likeness (QED) is 0.761. The average Bonchev–Trinajstić information content (AvgIpc) is 2.72. The second-order valence-electron chi connectivity index (χ2n) is 3.86. The first kappa shape index (κ1) is 8.75. The Morgan fingerprint density at radius 2 is 2.31 bits per heavy atom. The normalized spacial score (nSPS) is 18.2. The molecule has 0 aliphatic heterocycles. The Labute approximate surface area is 79.2 Å². The van der Waals surface area contributed by atoms with Crippen LogP contribution in [0.3, 0.4) is 0 Å². The van der Waals surface area contributed by atoms with Gasteiger partial charge in [0, 0.05) is 25.8 Å². The first-order valence-electron chi connectivity index (χ1n) is 5.05. The SMILES string of the molecule is Cn1cncc1CNC1CCCC1. The van der Waals surface area contributed by atoms with Gasteiger partial charge in [0.05, 0.1) is 12.0 Å². The number of hydrogen-bond acceptors (Lipinski definition) is 2. The summed E-state index contributed by atoms with van der Waals surface area (Å²) < 4.78 is 2.07. The highest BCUT2D eigenvalue weighted by Gasteiger charge is 2.14. The Morgan fingerprint density at radius 1 is 1.54 bits per heavy atom. The highest BCUT2D eigenvalue weighted by molar-refractivity contribution is 4.97. The molecule has 3 heteroatoms. The summed E-state index contributed by atoms with van der Waals surface area (Å²) >= 11 is 0. The lowest BCUT2D eigenvalue weighted by Gasteiger charge is -2.11. The van der Waals surface area contributed by atoms with E-state index in [9.17, 15) is 0 Å². The van der Waals surface area contributed by atoms with Crippen LogP contribution in [0.2, 0.25) is 0 Å². The number of aromatic nitrogens is 2. The summed E-state index contributed by atoms with van der Waals surface area (Å²) in [4.78, 5) is 4.09. The molecule has 3 nitrogen and oxygen atoms in total. The molecule has 0 unspecified atom stereocenters. The van der Waals surface area contributed by atoms with Crippen molar-refractivity contribution in [3.8, 4) is 0 Å². The predicted octanol–water partition coefficient (Wildman–Crippen LogP) is 1.45. The van der Waals surface area contributed by atoms with Gasteiger partial charge >= 0.3 is 0 Å². The maximum atomic E-state index is 4.09. The van der Waals surface area contributed by atoms with Gasteiger partial charge in [-0.05, 0) is 12.8 Å². The minimum absolute atomic E-state index is 0.745. The van der Waals surface area contributed by atoms with E-state index in [1.54, 1.807) is 0 Å². The zero-order valence-corrected chi connectivity index (χ0v) is 8.16. The lowest BCUT2D eigenvalue weighted by atomic mass is 10.2. The fraction of sp³-hybridized carbons (Fsp3) is 0.700. The van der Waals surface area contributed by atoms with Crippen LogP contribution in [0.4, 0.5) is 0 Å². The fourth-order valence-corrected chi connectivity index (χ4v) is 1.93. The molecule has 13 heavy (non-hydrogen) atoms. The summed E-state index contributed by atoms with van der Waals surface area (Å²) in [7, 11) is 2.04. The van der Waals surface area contributed by atoms with Crippen molar-refractivity contribution >= 4 is 0 Å². The van der Waals surface area contributed by atoms with Crippen LogP contribution >= 0.6 is 0 Å². The van der Waals surface area contributed by atoms with E-state index < -0.39 is 0 Å². The van der Waals surface area contributed by atoms with E-state index in [1.165, 1.54) is 31.4 Å². The third-order valence-corrected chi connectivity index (χ3v) is 2.84. The van der Waals surface area contributed by atoms with Crippen molar-refractivity contribution in [3.05, 3.63) is 18.2 Å². The van der Waals surface area contributed by atoms with Crippen molar-refractivity contribution in [2.45, 2.75) is 38.3 Å². The van der Waals surface area contributed by atoms with Gasteiger partial charge in [-0.2, -0.15) is 0 Å². The number of nitrogens with zero attached hydrogens (tertiary/aromatic N) is 2. The molecule has 1 aliphatic carbocycles. The van der Waals surface area contributed by atoms with E-state index in [0.29, 0.717) is 0 Å². The molecule has 2 rings (SSSR count). The Morgan fingerprint density at radius 3 is 2.92 bits per heavy atom. The minimum Gasteiger partial charge on any atom is -0.337 e. The second kappa shape index (κ2) is 3.92. The lowest BCUT2D eigenvalue weighted by molar-refractivity contribution is 0.513. The number of rotatable bonds is 3. The Hall–Kier alpha value is -0.830. The van der Waals surface area contributed by atoms with E-state index in [2.05, 4.69) is 14.9 Å². The van der Waals surface area contributed by atoms with Crippen molar-refractivity contribution in [3.63, 3.8) is 0 Å². The van der Waals surface area contributed by atoms with Gasteiger partial charge in [-0.25, -0.2) is 4.98 Å². The largest absolute Gasteiger partial charge is 0.337 e. The topological polar surface area (TPSA) is 29.9 Å². The van der Waals surface area contributed by atoms with Crippen LogP contribution in [0, 0.1) is 0 Å².